The lowest BCUT2D eigenvalue weighted by molar-refractivity contribution is 0.659. The SMILES string of the molecule is CC1(C)c2cc(Br)ccc2-c2ccc(N(c3ccccc3)c3ccc4c(c3)C(C)(C)c3cc(Br)ccc3-4)cc21. The summed E-state index contributed by atoms with van der Waals surface area (Å²) < 4.78 is 2.25. The number of hydrogen-bond acceptors (Lipinski definition) is 1. The Morgan fingerprint density at radius 2 is 0.821 bits per heavy atom. The molecule has 0 amide bonds. The van der Waals surface area contributed by atoms with Crippen LogP contribution in [0.3, 0.4) is 0 Å². The highest BCUT2D eigenvalue weighted by Gasteiger charge is 2.38. The average molecular weight is 635 g/mol. The molecular formula is C36H29Br2N. The summed E-state index contributed by atoms with van der Waals surface area (Å²) in [5.74, 6) is 0. The predicted octanol–water partition coefficient (Wildman–Crippen LogP) is 11.3. The van der Waals surface area contributed by atoms with Gasteiger partial charge in [-0.3, -0.25) is 0 Å². The molecule has 0 aromatic heterocycles. The van der Waals surface area contributed by atoms with E-state index in [-0.39, 0.29) is 10.8 Å². The van der Waals surface area contributed by atoms with Crippen molar-refractivity contribution in [2.75, 3.05) is 4.90 Å². The molecule has 0 saturated carbocycles. The summed E-state index contributed by atoms with van der Waals surface area (Å²) in [5.41, 5.74) is 14.2. The standard InChI is InChI=1S/C36H29Br2N/c1-35(2)31-18-22(37)10-14-27(31)29-16-12-25(20-33(29)35)39(24-8-6-5-7-9-24)26-13-17-30-28-15-11-23(38)19-32(28)36(3,4)34(30)21-26/h5-21H,1-4H3. The molecule has 2 aliphatic carbocycles. The second kappa shape index (κ2) is 8.68. The van der Waals surface area contributed by atoms with Gasteiger partial charge in [0.25, 0.3) is 0 Å². The Morgan fingerprint density at radius 3 is 1.26 bits per heavy atom. The molecule has 0 fully saturated rings. The van der Waals surface area contributed by atoms with E-state index in [0.29, 0.717) is 0 Å². The van der Waals surface area contributed by atoms with Crippen LogP contribution in [0.1, 0.15) is 49.9 Å². The van der Waals surface area contributed by atoms with Gasteiger partial charge in [-0.1, -0.05) is 102 Å². The highest BCUT2D eigenvalue weighted by atomic mass is 79.9. The summed E-state index contributed by atoms with van der Waals surface area (Å²) in [7, 11) is 0. The Balaban J connectivity index is 1.40. The molecule has 0 N–H and O–H groups in total. The molecule has 5 aromatic rings. The van der Waals surface area contributed by atoms with Crippen LogP contribution in [0.5, 0.6) is 0 Å². The Kier molecular flexibility index (Phi) is 5.53. The van der Waals surface area contributed by atoms with Crippen molar-refractivity contribution in [2.24, 2.45) is 0 Å². The second-order valence-electron chi connectivity index (χ2n) is 11.8. The Bertz CT molecular complexity index is 1670. The van der Waals surface area contributed by atoms with Crippen molar-refractivity contribution >= 4 is 48.9 Å². The quantitative estimate of drug-likeness (QED) is 0.191. The maximum Gasteiger partial charge on any atom is 0.0465 e. The molecule has 0 radical (unpaired) electrons. The first-order chi connectivity index (χ1) is 18.7. The van der Waals surface area contributed by atoms with Crippen molar-refractivity contribution in [1.29, 1.82) is 0 Å². The largest absolute Gasteiger partial charge is 0.310 e. The van der Waals surface area contributed by atoms with Crippen LogP contribution in [0.15, 0.2) is 112 Å². The van der Waals surface area contributed by atoms with Gasteiger partial charge in [0.15, 0.2) is 0 Å². The molecule has 0 atom stereocenters. The molecule has 192 valence electrons. The molecule has 0 heterocycles. The van der Waals surface area contributed by atoms with E-state index in [4.69, 9.17) is 0 Å². The van der Waals surface area contributed by atoms with Crippen LogP contribution in [0.2, 0.25) is 0 Å². The average Bonchev–Trinajstić information content (AvgIpc) is 3.28. The summed E-state index contributed by atoms with van der Waals surface area (Å²) in [6, 6.07) is 38.1. The second-order valence-corrected chi connectivity index (χ2v) is 13.6. The molecule has 39 heavy (non-hydrogen) atoms. The topological polar surface area (TPSA) is 3.24 Å². The number of halogens is 2. The molecule has 0 aliphatic heterocycles. The number of benzene rings is 5. The van der Waals surface area contributed by atoms with Gasteiger partial charge in [-0.25, -0.2) is 0 Å². The zero-order valence-electron chi connectivity index (χ0n) is 22.5. The fraction of sp³-hybridized carbons (Fsp3) is 0.167. The van der Waals surface area contributed by atoms with E-state index < -0.39 is 0 Å². The fourth-order valence-corrected chi connectivity index (χ4v) is 7.42. The molecule has 3 heteroatoms. The van der Waals surface area contributed by atoms with Crippen LogP contribution in [-0.2, 0) is 10.8 Å². The van der Waals surface area contributed by atoms with Gasteiger partial charge in [0.2, 0.25) is 0 Å². The lowest BCUT2D eigenvalue weighted by atomic mass is 9.82. The van der Waals surface area contributed by atoms with E-state index >= 15 is 0 Å². The van der Waals surface area contributed by atoms with E-state index in [0.717, 1.165) is 14.6 Å². The van der Waals surface area contributed by atoms with Gasteiger partial charge in [0, 0.05) is 36.8 Å². The zero-order chi connectivity index (χ0) is 27.1. The molecule has 0 spiro atoms. The van der Waals surface area contributed by atoms with Crippen molar-refractivity contribution < 1.29 is 0 Å². The fourth-order valence-electron chi connectivity index (χ4n) is 6.70. The summed E-state index contributed by atoms with van der Waals surface area (Å²) in [4.78, 5) is 2.41. The first-order valence-corrected chi connectivity index (χ1v) is 15.0. The number of fused-ring (bicyclic) bond motifs is 6. The number of anilines is 3. The van der Waals surface area contributed by atoms with Crippen LogP contribution in [0.4, 0.5) is 17.1 Å². The van der Waals surface area contributed by atoms with E-state index in [1.165, 1.54) is 55.9 Å². The predicted molar refractivity (Wildman–Crippen MR) is 172 cm³/mol. The van der Waals surface area contributed by atoms with Crippen LogP contribution in [-0.4, -0.2) is 0 Å². The third-order valence-electron chi connectivity index (χ3n) is 8.77. The zero-order valence-corrected chi connectivity index (χ0v) is 25.7. The van der Waals surface area contributed by atoms with Crippen LogP contribution in [0, 0.1) is 0 Å². The van der Waals surface area contributed by atoms with E-state index in [1.54, 1.807) is 0 Å². The summed E-state index contributed by atoms with van der Waals surface area (Å²) >= 11 is 7.40. The van der Waals surface area contributed by atoms with E-state index in [9.17, 15) is 0 Å². The first kappa shape index (κ1) is 24.9. The van der Waals surface area contributed by atoms with Crippen LogP contribution in [0.25, 0.3) is 22.3 Å². The smallest absolute Gasteiger partial charge is 0.0465 e. The maximum atomic E-state index is 3.70. The maximum absolute atomic E-state index is 3.70. The molecular weight excluding hydrogens is 606 g/mol. The Labute approximate surface area is 247 Å². The van der Waals surface area contributed by atoms with Crippen molar-refractivity contribution in [3.8, 4) is 22.3 Å². The van der Waals surface area contributed by atoms with Crippen molar-refractivity contribution in [2.45, 2.75) is 38.5 Å². The number of para-hydroxylation sites is 1. The summed E-state index contributed by atoms with van der Waals surface area (Å²) in [6.07, 6.45) is 0. The lowest BCUT2D eigenvalue weighted by Gasteiger charge is -2.29. The molecule has 0 saturated heterocycles. The third kappa shape index (κ3) is 3.70. The first-order valence-electron chi connectivity index (χ1n) is 13.4. The highest BCUT2D eigenvalue weighted by Crippen LogP contribution is 2.53. The van der Waals surface area contributed by atoms with Gasteiger partial charge in [0.05, 0.1) is 0 Å². The molecule has 7 rings (SSSR count). The third-order valence-corrected chi connectivity index (χ3v) is 9.76. The van der Waals surface area contributed by atoms with Gasteiger partial charge in [-0.05, 0) is 105 Å². The minimum atomic E-state index is -0.0816. The van der Waals surface area contributed by atoms with E-state index in [2.05, 4.69) is 168 Å². The lowest BCUT2D eigenvalue weighted by Crippen LogP contribution is -2.18. The minimum Gasteiger partial charge on any atom is -0.310 e. The minimum absolute atomic E-state index is 0.0816. The Morgan fingerprint density at radius 1 is 0.436 bits per heavy atom. The Hall–Kier alpha value is -3.14. The molecule has 0 bridgehead atoms. The summed E-state index contributed by atoms with van der Waals surface area (Å²) in [5, 5.41) is 0. The van der Waals surface area contributed by atoms with E-state index in [1.807, 2.05) is 0 Å². The summed E-state index contributed by atoms with van der Waals surface area (Å²) in [6.45, 7) is 9.37. The molecule has 1 nitrogen and oxygen atoms in total. The van der Waals surface area contributed by atoms with Crippen LogP contribution >= 0.6 is 31.9 Å². The van der Waals surface area contributed by atoms with Gasteiger partial charge < -0.3 is 4.90 Å². The number of hydrogen-bond donors (Lipinski definition) is 0. The van der Waals surface area contributed by atoms with Crippen LogP contribution < -0.4 is 4.90 Å². The number of nitrogens with zero attached hydrogens (tertiary/aromatic N) is 1. The van der Waals surface area contributed by atoms with Gasteiger partial charge in [0.1, 0.15) is 0 Å². The monoisotopic (exact) mass is 633 g/mol. The number of rotatable bonds is 3. The molecule has 0 unspecified atom stereocenters. The van der Waals surface area contributed by atoms with Gasteiger partial charge in [-0.2, -0.15) is 0 Å². The van der Waals surface area contributed by atoms with Gasteiger partial charge in [-0.15, -0.1) is 0 Å². The highest BCUT2D eigenvalue weighted by molar-refractivity contribution is 9.10. The van der Waals surface area contributed by atoms with Gasteiger partial charge >= 0.3 is 0 Å². The normalized spacial score (nSPS) is 15.3. The van der Waals surface area contributed by atoms with Crippen molar-refractivity contribution in [1.82, 2.24) is 0 Å². The molecule has 5 aromatic carbocycles. The van der Waals surface area contributed by atoms with Crippen molar-refractivity contribution in [3.63, 3.8) is 0 Å². The molecule has 2 aliphatic rings. The van der Waals surface area contributed by atoms with Crippen molar-refractivity contribution in [3.05, 3.63) is 134 Å².